The SMILES string of the molecule is C#C[C@H](O)[C@H](C)C(=O)O. The Labute approximate surface area is 53.3 Å². The lowest BCUT2D eigenvalue weighted by Crippen LogP contribution is -2.23. The molecule has 50 valence electrons. The molecule has 3 heteroatoms. The summed E-state index contributed by atoms with van der Waals surface area (Å²) in [6, 6.07) is 0. The molecule has 0 aliphatic heterocycles. The van der Waals surface area contributed by atoms with E-state index >= 15 is 0 Å². The van der Waals surface area contributed by atoms with Crippen molar-refractivity contribution in [1.29, 1.82) is 0 Å². The van der Waals surface area contributed by atoms with Crippen molar-refractivity contribution in [2.75, 3.05) is 0 Å². The van der Waals surface area contributed by atoms with Crippen LogP contribution in [-0.2, 0) is 4.79 Å². The van der Waals surface area contributed by atoms with Gasteiger partial charge in [0.25, 0.3) is 0 Å². The highest BCUT2D eigenvalue weighted by Crippen LogP contribution is 2.00. The molecule has 0 aliphatic carbocycles. The summed E-state index contributed by atoms with van der Waals surface area (Å²) in [4.78, 5) is 10.0. The first-order chi connectivity index (χ1) is 4.09. The van der Waals surface area contributed by atoms with Crippen LogP contribution >= 0.6 is 0 Å². The second-order valence-electron chi connectivity index (χ2n) is 1.74. The van der Waals surface area contributed by atoms with Crippen molar-refractivity contribution >= 4 is 5.97 Å². The van der Waals surface area contributed by atoms with Crippen LogP contribution in [0.5, 0.6) is 0 Å². The van der Waals surface area contributed by atoms with Crippen LogP contribution in [0.4, 0.5) is 0 Å². The quantitative estimate of drug-likeness (QED) is 0.502. The maximum absolute atomic E-state index is 10.0. The average Bonchev–Trinajstić information content (AvgIpc) is 1.84. The normalized spacial score (nSPS) is 15.7. The number of hydrogen-bond donors (Lipinski definition) is 2. The first-order valence-corrected chi connectivity index (χ1v) is 2.46. The summed E-state index contributed by atoms with van der Waals surface area (Å²) in [6.45, 7) is 1.35. The van der Waals surface area contributed by atoms with E-state index in [1.165, 1.54) is 6.92 Å². The smallest absolute Gasteiger partial charge is 0.309 e. The molecule has 0 radical (unpaired) electrons. The molecule has 2 atom stereocenters. The van der Waals surface area contributed by atoms with Crippen LogP contribution in [0.2, 0.25) is 0 Å². The number of carboxylic acids is 1. The Morgan fingerprint density at radius 2 is 2.22 bits per heavy atom. The van der Waals surface area contributed by atoms with Crippen molar-refractivity contribution in [3.63, 3.8) is 0 Å². The van der Waals surface area contributed by atoms with Crippen molar-refractivity contribution < 1.29 is 15.0 Å². The number of aliphatic carboxylic acids is 1. The third-order valence-electron chi connectivity index (χ3n) is 1.03. The zero-order chi connectivity index (χ0) is 7.44. The van der Waals surface area contributed by atoms with Gasteiger partial charge in [0.15, 0.2) is 0 Å². The van der Waals surface area contributed by atoms with Crippen LogP contribution in [0.1, 0.15) is 6.92 Å². The highest BCUT2D eigenvalue weighted by atomic mass is 16.4. The summed E-state index contributed by atoms with van der Waals surface area (Å²) in [7, 11) is 0. The van der Waals surface area contributed by atoms with Crippen molar-refractivity contribution in [3.05, 3.63) is 0 Å². The molecule has 0 bridgehead atoms. The number of carbonyl (C=O) groups is 1. The number of aliphatic hydroxyl groups is 1. The summed E-state index contributed by atoms with van der Waals surface area (Å²) < 4.78 is 0. The van der Waals surface area contributed by atoms with Crippen molar-refractivity contribution in [1.82, 2.24) is 0 Å². The van der Waals surface area contributed by atoms with Gasteiger partial charge in [-0.25, -0.2) is 0 Å². The molecule has 0 unspecified atom stereocenters. The summed E-state index contributed by atoms with van der Waals surface area (Å²) >= 11 is 0. The number of terminal acetylenes is 1. The molecule has 0 saturated heterocycles. The maximum atomic E-state index is 10.0. The van der Waals surface area contributed by atoms with Crippen molar-refractivity contribution in [3.8, 4) is 12.3 Å². The minimum atomic E-state index is -1.18. The molecule has 0 aromatic carbocycles. The fraction of sp³-hybridized carbons (Fsp3) is 0.500. The van der Waals surface area contributed by atoms with E-state index in [0.29, 0.717) is 0 Å². The van der Waals surface area contributed by atoms with E-state index in [2.05, 4.69) is 0 Å². The molecule has 0 saturated carbocycles. The third-order valence-corrected chi connectivity index (χ3v) is 1.03. The Morgan fingerprint density at radius 3 is 2.33 bits per heavy atom. The van der Waals surface area contributed by atoms with Gasteiger partial charge >= 0.3 is 5.97 Å². The molecule has 3 nitrogen and oxygen atoms in total. The first kappa shape index (κ1) is 7.99. The average molecular weight is 128 g/mol. The highest BCUT2D eigenvalue weighted by molar-refractivity contribution is 5.70. The molecule has 0 aliphatic rings. The summed E-state index contributed by atoms with van der Waals surface area (Å²) in [5, 5.41) is 16.9. The number of aliphatic hydroxyl groups excluding tert-OH is 1. The largest absolute Gasteiger partial charge is 0.481 e. The van der Waals surface area contributed by atoms with Gasteiger partial charge < -0.3 is 10.2 Å². The third kappa shape index (κ3) is 2.15. The van der Waals surface area contributed by atoms with E-state index in [0.717, 1.165) is 0 Å². The molecule has 9 heavy (non-hydrogen) atoms. The predicted octanol–water partition coefficient (Wildman–Crippen LogP) is -0.299. The van der Waals surface area contributed by atoms with Gasteiger partial charge in [-0.05, 0) is 6.92 Å². The number of rotatable bonds is 2. The first-order valence-electron chi connectivity index (χ1n) is 2.46. The van der Waals surface area contributed by atoms with Gasteiger partial charge in [-0.15, -0.1) is 6.42 Å². The van der Waals surface area contributed by atoms with Gasteiger partial charge in [-0.2, -0.15) is 0 Å². The molecule has 0 aromatic heterocycles. The molecule has 0 amide bonds. The fourth-order valence-corrected chi connectivity index (χ4v) is 0.279. The lowest BCUT2D eigenvalue weighted by molar-refractivity contribution is -0.143. The van der Waals surface area contributed by atoms with Crippen LogP contribution in [0, 0.1) is 18.3 Å². The molecule has 2 N–H and O–H groups in total. The maximum Gasteiger partial charge on any atom is 0.309 e. The minimum absolute atomic E-state index is 0.880. The summed E-state index contributed by atoms with van der Waals surface area (Å²) in [5.41, 5.74) is 0. The fourth-order valence-electron chi connectivity index (χ4n) is 0.279. The zero-order valence-corrected chi connectivity index (χ0v) is 5.03. The van der Waals surface area contributed by atoms with Crippen LogP contribution in [0.15, 0.2) is 0 Å². The van der Waals surface area contributed by atoms with E-state index in [1.54, 1.807) is 0 Å². The molecular weight excluding hydrogens is 120 g/mol. The van der Waals surface area contributed by atoms with E-state index in [1.807, 2.05) is 5.92 Å². The Bertz CT molecular complexity index is 145. The van der Waals surface area contributed by atoms with E-state index in [-0.39, 0.29) is 0 Å². The second-order valence-corrected chi connectivity index (χ2v) is 1.74. The van der Waals surface area contributed by atoms with Crippen molar-refractivity contribution in [2.24, 2.45) is 5.92 Å². The predicted molar refractivity (Wildman–Crippen MR) is 31.6 cm³/mol. The van der Waals surface area contributed by atoms with Gasteiger partial charge in [-0.3, -0.25) is 4.79 Å². The van der Waals surface area contributed by atoms with E-state index in [9.17, 15) is 4.79 Å². The van der Waals surface area contributed by atoms with Gasteiger partial charge in [0.1, 0.15) is 6.10 Å². The van der Waals surface area contributed by atoms with Gasteiger partial charge in [0.05, 0.1) is 5.92 Å². The van der Waals surface area contributed by atoms with E-state index < -0.39 is 18.0 Å². The van der Waals surface area contributed by atoms with Crippen LogP contribution in [-0.4, -0.2) is 22.3 Å². The molecular formula is C6H8O3. The van der Waals surface area contributed by atoms with Crippen LogP contribution in [0.25, 0.3) is 0 Å². The van der Waals surface area contributed by atoms with E-state index in [4.69, 9.17) is 16.6 Å². The Hall–Kier alpha value is -1.01. The summed E-state index contributed by atoms with van der Waals surface area (Å²) in [6.07, 6.45) is 3.57. The monoisotopic (exact) mass is 128 g/mol. The van der Waals surface area contributed by atoms with Gasteiger partial charge in [-0.1, -0.05) is 5.92 Å². The molecule has 0 heterocycles. The molecule has 0 rings (SSSR count). The lowest BCUT2D eigenvalue weighted by Gasteiger charge is -2.06. The van der Waals surface area contributed by atoms with Crippen LogP contribution < -0.4 is 0 Å². The topological polar surface area (TPSA) is 57.5 Å². The Balaban J connectivity index is 3.91. The Kier molecular flexibility index (Phi) is 2.75. The highest BCUT2D eigenvalue weighted by Gasteiger charge is 2.18. The molecule has 0 aromatic rings. The summed E-state index contributed by atoms with van der Waals surface area (Å²) in [5.74, 6) is -0.0418. The molecule has 0 spiro atoms. The molecule has 0 fully saturated rings. The van der Waals surface area contributed by atoms with Gasteiger partial charge in [0.2, 0.25) is 0 Å². The second kappa shape index (κ2) is 3.10. The minimum Gasteiger partial charge on any atom is -0.481 e. The lowest BCUT2D eigenvalue weighted by atomic mass is 10.1. The zero-order valence-electron chi connectivity index (χ0n) is 5.03. The number of carboxylic acid groups (broad SMARTS) is 1. The number of hydrogen-bond acceptors (Lipinski definition) is 2. The van der Waals surface area contributed by atoms with Crippen LogP contribution in [0.3, 0.4) is 0 Å². The Morgan fingerprint density at radius 1 is 1.78 bits per heavy atom. The van der Waals surface area contributed by atoms with Gasteiger partial charge in [0, 0.05) is 0 Å². The standard InChI is InChI=1S/C6H8O3/c1-3-5(7)4(2)6(8)9/h1,4-5,7H,2H3,(H,8,9)/t4-,5-/m0/s1. The van der Waals surface area contributed by atoms with Crippen molar-refractivity contribution in [2.45, 2.75) is 13.0 Å².